The van der Waals surface area contributed by atoms with Gasteiger partial charge in [-0.05, 0) is 38.8 Å². The second-order valence-corrected chi connectivity index (χ2v) is 4.48. The Morgan fingerprint density at radius 2 is 1.81 bits per heavy atom. The molecule has 0 aliphatic heterocycles. The van der Waals surface area contributed by atoms with Gasteiger partial charge in [0.1, 0.15) is 0 Å². The van der Waals surface area contributed by atoms with E-state index in [0.29, 0.717) is 12.0 Å². The highest BCUT2D eigenvalue weighted by Crippen LogP contribution is 2.22. The van der Waals surface area contributed by atoms with E-state index in [4.69, 9.17) is 5.73 Å². The molecule has 0 amide bonds. The molecule has 4 nitrogen and oxygen atoms in total. The Morgan fingerprint density at radius 3 is 2.25 bits per heavy atom. The van der Waals surface area contributed by atoms with Crippen LogP contribution < -0.4 is 11.1 Å². The van der Waals surface area contributed by atoms with E-state index in [2.05, 4.69) is 29.1 Å². The van der Waals surface area contributed by atoms with Gasteiger partial charge in [-0.25, -0.2) is 0 Å². The fourth-order valence-electron chi connectivity index (χ4n) is 2.60. The zero-order chi connectivity index (χ0) is 12.0. The van der Waals surface area contributed by atoms with Crippen molar-refractivity contribution in [3.05, 3.63) is 0 Å². The summed E-state index contributed by atoms with van der Waals surface area (Å²) in [7, 11) is 1.73. The molecule has 0 radical (unpaired) electrons. The van der Waals surface area contributed by atoms with E-state index < -0.39 is 0 Å². The number of nitrogens with two attached hydrogens (primary N) is 1. The fourth-order valence-corrected chi connectivity index (χ4v) is 2.60. The van der Waals surface area contributed by atoms with Crippen LogP contribution in [-0.4, -0.2) is 43.1 Å². The van der Waals surface area contributed by atoms with Gasteiger partial charge in [-0.2, -0.15) is 0 Å². The van der Waals surface area contributed by atoms with Gasteiger partial charge in [0.2, 0.25) is 0 Å². The van der Waals surface area contributed by atoms with Crippen LogP contribution in [0.5, 0.6) is 0 Å². The molecule has 0 heterocycles. The van der Waals surface area contributed by atoms with E-state index in [1.54, 1.807) is 7.05 Å². The number of hydrogen-bond acceptors (Lipinski definition) is 2. The molecule has 1 aliphatic rings. The minimum Gasteiger partial charge on any atom is -0.370 e. The van der Waals surface area contributed by atoms with Crippen LogP contribution in [0.2, 0.25) is 0 Å². The van der Waals surface area contributed by atoms with Crippen LogP contribution in [0.1, 0.15) is 39.5 Å². The van der Waals surface area contributed by atoms with Crippen LogP contribution in [0.3, 0.4) is 0 Å². The van der Waals surface area contributed by atoms with Crippen molar-refractivity contribution in [3.8, 4) is 0 Å². The molecule has 0 spiro atoms. The van der Waals surface area contributed by atoms with Crippen molar-refractivity contribution in [1.82, 2.24) is 10.2 Å². The van der Waals surface area contributed by atoms with E-state index in [1.807, 2.05) is 0 Å². The Morgan fingerprint density at radius 1 is 1.25 bits per heavy atom. The summed E-state index contributed by atoms with van der Waals surface area (Å²) >= 11 is 0. The van der Waals surface area contributed by atoms with Crippen LogP contribution >= 0.6 is 0 Å². The van der Waals surface area contributed by atoms with Crippen LogP contribution in [-0.2, 0) is 0 Å². The molecule has 16 heavy (non-hydrogen) atoms. The first-order chi connectivity index (χ1) is 7.71. The van der Waals surface area contributed by atoms with Crippen LogP contribution in [0, 0.1) is 0 Å². The van der Waals surface area contributed by atoms with Crippen LogP contribution in [0.15, 0.2) is 4.99 Å². The second-order valence-electron chi connectivity index (χ2n) is 4.48. The quantitative estimate of drug-likeness (QED) is 0.559. The van der Waals surface area contributed by atoms with Crippen LogP contribution in [0.25, 0.3) is 0 Å². The third-order valence-electron chi connectivity index (χ3n) is 3.62. The molecule has 4 heteroatoms. The summed E-state index contributed by atoms with van der Waals surface area (Å²) in [5.74, 6) is 0.575. The Kier molecular flexibility index (Phi) is 5.60. The Balaban J connectivity index is 2.33. The first kappa shape index (κ1) is 13.3. The second kappa shape index (κ2) is 6.74. The maximum absolute atomic E-state index is 5.68. The van der Waals surface area contributed by atoms with Crippen molar-refractivity contribution in [3.63, 3.8) is 0 Å². The summed E-state index contributed by atoms with van der Waals surface area (Å²) in [5.41, 5.74) is 5.68. The maximum Gasteiger partial charge on any atom is 0.188 e. The predicted octanol–water partition coefficient (Wildman–Crippen LogP) is 1.17. The smallest absolute Gasteiger partial charge is 0.188 e. The van der Waals surface area contributed by atoms with E-state index in [9.17, 15) is 0 Å². The van der Waals surface area contributed by atoms with Gasteiger partial charge in [-0.1, -0.05) is 13.8 Å². The molecule has 1 fully saturated rings. The van der Waals surface area contributed by atoms with Gasteiger partial charge < -0.3 is 16.0 Å². The number of hydrogen-bond donors (Lipinski definition) is 2. The van der Waals surface area contributed by atoms with Gasteiger partial charge in [0.25, 0.3) is 0 Å². The predicted molar refractivity (Wildman–Crippen MR) is 69.6 cm³/mol. The molecule has 0 aromatic rings. The van der Waals surface area contributed by atoms with Crippen molar-refractivity contribution in [2.75, 3.05) is 20.1 Å². The van der Waals surface area contributed by atoms with Gasteiger partial charge in [0.15, 0.2) is 5.96 Å². The lowest BCUT2D eigenvalue weighted by Crippen LogP contribution is -2.45. The lowest BCUT2D eigenvalue weighted by atomic mass is 9.90. The maximum atomic E-state index is 5.68. The Labute approximate surface area is 99.3 Å². The number of aliphatic imine (C=N–C) groups is 1. The van der Waals surface area contributed by atoms with Crippen LogP contribution in [0.4, 0.5) is 0 Å². The van der Waals surface area contributed by atoms with Crippen molar-refractivity contribution >= 4 is 5.96 Å². The highest BCUT2D eigenvalue weighted by Gasteiger charge is 2.24. The molecule has 1 saturated carbocycles. The number of guanidine groups is 1. The summed E-state index contributed by atoms with van der Waals surface area (Å²) in [6, 6.07) is 1.29. The van der Waals surface area contributed by atoms with E-state index in [0.717, 1.165) is 19.1 Å². The van der Waals surface area contributed by atoms with E-state index >= 15 is 0 Å². The molecule has 1 aliphatic carbocycles. The number of rotatable bonds is 4. The average molecular weight is 226 g/mol. The molecule has 0 aromatic carbocycles. The molecule has 0 bridgehead atoms. The first-order valence-electron chi connectivity index (χ1n) is 6.44. The zero-order valence-electron chi connectivity index (χ0n) is 10.9. The first-order valence-corrected chi connectivity index (χ1v) is 6.44. The third kappa shape index (κ3) is 3.67. The largest absolute Gasteiger partial charge is 0.370 e. The highest BCUT2D eigenvalue weighted by molar-refractivity contribution is 5.77. The van der Waals surface area contributed by atoms with Crippen molar-refractivity contribution in [1.29, 1.82) is 0 Å². The molecule has 1 rings (SSSR count). The van der Waals surface area contributed by atoms with E-state index in [-0.39, 0.29) is 0 Å². The lowest BCUT2D eigenvalue weighted by molar-refractivity contribution is 0.161. The lowest BCUT2D eigenvalue weighted by Gasteiger charge is -2.36. The van der Waals surface area contributed by atoms with E-state index in [1.165, 1.54) is 25.7 Å². The van der Waals surface area contributed by atoms with Gasteiger partial charge >= 0.3 is 0 Å². The molecule has 0 atom stereocenters. The minimum absolute atomic E-state index is 0.524. The minimum atomic E-state index is 0.524. The summed E-state index contributed by atoms with van der Waals surface area (Å²) in [5, 5.41) is 3.27. The zero-order valence-corrected chi connectivity index (χ0v) is 10.9. The number of nitrogens with one attached hydrogen (secondary N) is 1. The van der Waals surface area contributed by atoms with Crippen molar-refractivity contribution in [2.45, 2.75) is 51.6 Å². The number of nitrogens with zero attached hydrogens (tertiary/aromatic N) is 2. The van der Waals surface area contributed by atoms with Crippen molar-refractivity contribution in [2.24, 2.45) is 10.7 Å². The fraction of sp³-hybridized carbons (Fsp3) is 0.917. The van der Waals surface area contributed by atoms with Gasteiger partial charge in [-0.3, -0.25) is 4.99 Å². The molecule has 3 N–H and O–H groups in total. The monoisotopic (exact) mass is 226 g/mol. The topological polar surface area (TPSA) is 53.6 Å². The molecule has 0 saturated heterocycles. The van der Waals surface area contributed by atoms with Gasteiger partial charge in [0.05, 0.1) is 0 Å². The summed E-state index contributed by atoms with van der Waals surface area (Å²) in [6.07, 6.45) is 4.96. The third-order valence-corrected chi connectivity index (χ3v) is 3.62. The Bertz CT molecular complexity index is 215. The molecule has 0 unspecified atom stereocenters. The highest BCUT2D eigenvalue weighted by atomic mass is 15.2. The molecule has 0 aromatic heterocycles. The standard InChI is InChI=1S/C12H26N4/c1-4-16(5-2)11-8-6-10(7-9-11)15-12(13)14-3/h10-11H,4-9H2,1-3H3,(H3,13,14,15). The summed E-state index contributed by atoms with van der Waals surface area (Å²) in [4.78, 5) is 6.50. The van der Waals surface area contributed by atoms with Crippen molar-refractivity contribution < 1.29 is 0 Å². The SMILES string of the molecule is CCN(CC)C1CCC(NC(N)=NC)CC1. The molecular formula is C12H26N4. The Hall–Kier alpha value is -0.770. The van der Waals surface area contributed by atoms with Gasteiger partial charge in [0, 0.05) is 19.1 Å². The normalized spacial score (nSPS) is 27.1. The summed E-state index contributed by atoms with van der Waals surface area (Å²) < 4.78 is 0. The molecule has 94 valence electrons. The molecular weight excluding hydrogens is 200 g/mol. The average Bonchev–Trinajstić information content (AvgIpc) is 2.32. The summed E-state index contributed by atoms with van der Waals surface area (Å²) in [6.45, 7) is 6.82. The van der Waals surface area contributed by atoms with Gasteiger partial charge in [-0.15, -0.1) is 0 Å².